The number of carbonyl (C=O) groups excluding carboxylic acids is 1. The summed E-state index contributed by atoms with van der Waals surface area (Å²) in [6.45, 7) is 0. The first-order valence-electron chi connectivity index (χ1n) is 8.24. The predicted octanol–water partition coefficient (Wildman–Crippen LogP) is 4.23. The van der Waals surface area contributed by atoms with E-state index in [0.29, 0.717) is 6.42 Å². The van der Waals surface area contributed by atoms with Crippen LogP contribution in [0.15, 0.2) is 36.4 Å². The van der Waals surface area contributed by atoms with Crippen LogP contribution in [0.25, 0.3) is 10.9 Å². The van der Waals surface area contributed by atoms with Gasteiger partial charge in [-0.3, -0.25) is 9.89 Å². The van der Waals surface area contributed by atoms with Gasteiger partial charge in [0.05, 0.1) is 12.6 Å². The zero-order chi connectivity index (χ0) is 17.4. The van der Waals surface area contributed by atoms with E-state index >= 15 is 0 Å². The predicted molar refractivity (Wildman–Crippen MR) is 106 cm³/mol. The van der Waals surface area contributed by atoms with Crippen LogP contribution in [0.3, 0.4) is 0 Å². The number of ether oxygens (including phenoxy) is 1. The van der Waals surface area contributed by atoms with E-state index in [0.717, 1.165) is 44.4 Å². The number of halogens is 1. The summed E-state index contributed by atoms with van der Waals surface area (Å²) < 4.78 is 6.33. The van der Waals surface area contributed by atoms with E-state index in [1.165, 1.54) is 5.56 Å². The van der Waals surface area contributed by atoms with E-state index in [2.05, 4.69) is 56.3 Å². The smallest absolute Gasteiger partial charge is 0.224 e. The third kappa shape index (κ3) is 3.22. The van der Waals surface area contributed by atoms with Crippen molar-refractivity contribution in [3.8, 4) is 5.75 Å². The van der Waals surface area contributed by atoms with Crippen LogP contribution in [0, 0.1) is 3.70 Å². The van der Waals surface area contributed by atoms with Crippen molar-refractivity contribution in [2.45, 2.75) is 25.2 Å². The molecule has 0 spiro atoms. The number of H-pyrrole nitrogens is 1. The Morgan fingerprint density at radius 3 is 2.96 bits per heavy atom. The molecule has 0 saturated heterocycles. The van der Waals surface area contributed by atoms with Gasteiger partial charge in [-0.2, -0.15) is 5.10 Å². The number of nitrogens with one attached hydrogen (secondary N) is 2. The second-order valence-electron chi connectivity index (χ2n) is 6.33. The number of hydrogen-bond donors (Lipinski definition) is 2. The first-order chi connectivity index (χ1) is 12.1. The normalized spacial score (nSPS) is 17.5. The van der Waals surface area contributed by atoms with Gasteiger partial charge in [0.25, 0.3) is 0 Å². The summed E-state index contributed by atoms with van der Waals surface area (Å²) >= 11 is 2.23. The van der Waals surface area contributed by atoms with Crippen LogP contribution >= 0.6 is 22.6 Å². The molecule has 0 aliphatic carbocycles. The summed E-state index contributed by atoms with van der Waals surface area (Å²) in [4.78, 5) is 12.2. The molecule has 0 fully saturated rings. The molecule has 0 radical (unpaired) electrons. The van der Waals surface area contributed by atoms with E-state index in [1.54, 1.807) is 7.11 Å². The zero-order valence-corrected chi connectivity index (χ0v) is 16.0. The van der Waals surface area contributed by atoms with Crippen molar-refractivity contribution in [3.63, 3.8) is 0 Å². The number of anilines is 1. The lowest BCUT2D eigenvalue weighted by molar-refractivity contribution is -0.116. The topological polar surface area (TPSA) is 67.0 Å². The fraction of sp³-hybridized carbons (Fsp3) is 0.263. The highest BCUT2D eigenvalue weighted by molar-refractivity contribution is 14.1. The van der Waals surface area contributed by atoms with Gasteiger partial charge in [0, 0.05) is 17.5 Å². The highest BCUT2D eigenvalue weighted by Gasteiger charge is 2.21. The van der Waals surface area contributed by atoms with Gasteiger partial charge in [-0.1, -0.05) is 6.07 Å². The summed E-state index contributed by atoms with van der Waals surface area (Å²) in [6.07, 6.45) is 2.21. The van der Waals surface area contributed by atoms with E-state index in [4.69, 9.17) is 4.74 Å². The molecule has 2 aromatic carbocycles. The first kappa shape index (κ1) is 16.4. The Balaban J connectivity index is 1.73. The van der Waals surface area contributed by atoms with Crippen molar-refractivity contribution < 1.29 is 9.53 Å². The van der Waals surface area contributed by atoms with Crippen LogP contribution in [0.5, 0.6) is 5.75 Å². The van der Waals surface area contributed by atoms with Crippen molar-refractivity contribution in [2.24, 2.45) is 0 Å². The van der Waals surface area contributed by atoms with Crippen LogP contribution in [-0.4, -0.2) is 23.2 Å². The number of hydrogen-bond acceptors (Lipinski definition) is 3. The molecule has 1 amide bonds. The summed E-state index contributed by atoms with van der Waals surface area (Å²) in [7, 11) is 1.66. The van der Waals surface area contributed by atoms with E-state index in [1.807, 2.05) is 18.2 Å². The highest BCUT2D eigenvalue weighted by atomic mass is 127. The van der Waals surface area contributed by atoms with Gasteiger partial charge in [0.15, 0.2) is 0 Å². The van der Waals surface area contributed by atoms with Crippen molar-refractivity contribution in [1.29, 1.82) is 0 Å². The summed E-state index contributed by atoms with van der Waals surface area (Å²) in [5.74, 6) is 1.15. The average Bonchev–Trinajstić information content (AvgIpc) is 2.98. The molecule has 2 heterocycles. The fourth-order valence-corrected chi connectivity index (χ4v) is 4.01. The molecule has 5 nitrogen and oxygen atoms in total. The molecule has 1 aliphatic rings. The summed E-state index contributed by atoms with van der Waals surface area (Å²) in [5, 5.41) is 11.5. The van der Waals surface area contributed by atoms with Crippen LogP contribution < -0.4 is 10.1 Å². The lowest BCUT2D eigenvalue weighted by Gasteiger charge is -2.23. The second kappa shape index (κ2) is 6.67. The summed E-state index contributed by atoms with van der Waals surface area (Å²) in [6, 6.07) is 12.3. The maximum absolute atomic E-state index is 12.2. The molecule has 3 aromatic rings. The molecule has 0 saturated carbocycles. The molecule has 1 atom stereocenters. The van der Waals surface area contributed by atoms with Crippen LogP contribution in [0.4, 0.5) is 5.69 Å². The minimum absolute atomic E-state index is 0.0632. The number of aromatic amines is 1. The minimum atomic E-state index is 0.0632. The quantitative estimate of drug-likeness (QED) is 0.578. The Morgan fingerprint density at radius 1 is 1.24 bits per heavy atom. The Kier molecular flexibility index (Phi) is 4.37. The Labute approximate surface area is 159 Å². The van der Waals surface area contributed by atoms with Gasteiger partial charge >= 0.3 is 0 Å². The molecular formula is C19H18IN3O2. The number of fused-ring (bicyclic) bond motifs is 2. The molecule has 2 N–H and O–H groups in total. The third-order valence-electron chi connectivity index (χ3n) is 4.78. The lowest BCUT2D eigenvalue weighted by Crippen LogP contribution is -2.19. The Hall–Kier alpha value is -2.09. The number of aromatic nitrogens is 2. The second-order valence-corrected chi connectivity index (χ2v) is 7.35. The molecule has 25 heavy (non-hydrogen) atoms. The summed E-state index contributed by atoms with van der Waals surface area (Å²) in [5.41, 5.74) is 4.26. The molecule has 0 bridgehead atoms. The molecule has 128 valence electrons. The number of rotatable bonds is 2. The maximum atomic E-state index is 12.2. The first-order valence-corrected chi connectivity index (χ1v) is 9.32. The van der Waals surface area contributed by atoms with Gasteiger partial charge in [0.1, 0.15) is 9.45 Å². The number of benzene rings is 2. The molecule has 0 unspecified atom stereocenters. The van der Waals surface area contributed by atoms with Gasteiger partial charge in [-0.15, -0.1) is 0 Å². The van der Waals surface area contributed by atoms with Gasteiger partial charge in [0.2, 0.25) is 5.91 Å². The van der Waals surface area contributed by atoms with Crippen molar-refractivity contribution in [1.82, 2.24) is 10.2 Å². The molecule has 1 aliphatic heterocycles. The van der Waals surface area contributed by atoms with Gasteiger partial charge < -0.3 is 10.1 Å². The number of amides is 1. The monoisotopic (exact) mass is 447 g/mol. The Bertz CT molecular complexity index is 951. The van der Waals surface area contributed by atoms with Crippen molar-refractivity contribution in [3.05, 3.63) is 51.2 Å². The molecule has 4 rings (SSSR count). The fourth-order valence-electron chi connectivity index (χ4n) is 3.42. The van der Waals surface area contributed by atoms with Gasteiger partial charge in [-0.05, 0) is 82.8 Å². The van der Waals surface area contributed by atoms with E-state index < -0.39 is 0 Å². The standard InChI is InChI=1S/C19H18IN3O2/c1-25-14-4-6-16-13(9-14)8-11(3-7-18(24)21-16)12-2-5-15-17(10-12)22-23-19(15)20/h2,4-6,9-11H,3,7-8H2,1H3,(H,21,24)(H,22,23)/t11-/m1/s1. The maximum Gasteiger partial charge on any atom is 0.224 e. The lowest BCUT2D eigenvalue weighted by atomic mass is 9.86. The van der Waals surface area contributed by atoms with Crippen LogP contribution in [-0.2, 0) is 11.2 Å². The average molecular weight is 447 g/mol. The number of methoxy groups -OCH3 is 1. The van der Waals surface area contributed by atoms with Crippen molar-refractivity contribution in [2.75, 3.05) is 12.4 Å². The molecular weight excluding hydrogens is 429 g/mol. The number of nitrogens with zero attached hydrogens (tertiary/aromatic N) is 1. The van der Waals surface area contributed by atoms with E-state index in [9.17, 15) is 4.79 Å². The third-order valence-corrected chi connectivity index (χ3v) is 5.61. The van der Waals surface area contributed by atoms with Gasteiger partial charge in [-0.25, -0.2) is 0 Å². The molecule has 1 aromatic heterocycles. The number of carbonyl (C=O) groups is 1. The molecule has 6 heteroatoms. The zero-order valence-electron chi connectivity index (χ0n) is 13.8. The van der Waals surface area contributed by atoms with E-state index in [-0.39, 0.29) is 11.8 Å². The highest BCUT2D eigenvalue weighted by Crippen LogP contribution is 2.34. The van der Waals surface area contributed by atoms with Crippen LogP contribution in [0.1, 0.15) is 29.9 Å². The SMILES string of the molecule is COc1ccc2c(c1)C[C@H](c1ccc3c(I)n[nH]c3c1)CCC(=O)N2. The largest absolute Gasteiger partial charge is 0.497 e. The van der Waals surface area contributed by atoms with Crippen LogP contribution in [0.2, 0.25) is 0 Å². The van der Waals surface area contributed by atoms with Crippen molar-refractivity contribution >= 4 is 45.1 Å². The Morgan fingerprint density at radius 2 is 2.12 bits per heavy atom. The minimum Gasteiger partial charge on any atom is -0.497 e.